The molecule has 13 heavy (non-hydrogen) atoms. The van der Waals surface area contributed by atoms with Crippen LogP contribution in [0.4, 0.5) is 0 Å². The number of primary amides is 1. The minimum absolute atomic E-state index is 0.103. The Morgan fingerprint density at radius 1 is 1.54 bits per heavy atom. The van der Waals surface area contributed by atoms with Gasteiger partial charge < -0.3 is 10.6 Å². The SMILES string of the molecule is NC(=O)CN1C[C@H]2CCC[C@H]2C1=O. The van der Waals surface area contributed by atoms with Gasteiger partial charge in [-0.05, 0) is 18.8 Å². The highest BCUT2D eigenvalue weighted by atomic mass is 16.2. The summed E-state index contributed by atoms with van der Waals surface area (Å²) in [5.41, 5.74) is 5.05. The Morgan fingerprint density at radius 3 is 2.92 bits per heavy atom. The molecule has 0 aromatic carbocycles. The average Bonchev–Trinajstić information content (AvgIpc) is 2.56. The molecule has 0 spiro atoms. The maximum absolute atomic E-state index is 11.6. The van der Waals surface area contributed by atoms with E-state index in [-0.39, 0.29) is 18.4 Å². The Morgan fingerprint density at radius 2 is 2.31 bits per heavy atom. The van der Waals surface area contributed by atoms with E-state index in [1.807, 2.05) is 0 Å². The lowest BCUT2D eigenvalue weighted by Gasteiger charge is -2.14. The van der Waals surface area contributed by atoms with Crippen molar-refractivity contribution in [3.05, 3.63) is 0 Å². The van der Waals surface area contributed by atoms with Gasteiger partial charge in [-0.3, -0.25) is 9.59 Å². The number of hydrogen-bond acceptors (Lipinski definition) is 2. The maximum Gasteiger partial charge on any atom is 0.237 e. The first-order valence-corrected chi connectivity index (χ1v) is 4.75. The van der Waals surface area contributed by atoms with Gasteiger partial charge in [-0.25, -0.2) is 0 Å². The minimum atomic E-state index is -0.409. The van der Waals surface area contributed by atoms with Crippen molar-refractivity contribution in [3.8, 4) is 0 Å². The lowest BCUT2D eigenvalue weighted by Crippen LogP contribution is -2.36. The van der Waals surface area contributed by atoms with Crippen molar-refractivity contribution in [3.63, 3.8) is 0 Å². The lowest BCUT2D eigenvalue weighted by atomic mass is 10.0. The third-order valence-corrected chi connectivity index (χ3v) is 3.09. The quantitative estimate of drug-likeness (QED) is 0.639. The number of likely N-dealkylation sites (tertiary alicyclic amines) is 1. The number of amides is 2. The van der Waals surface area contributed by atoms with Crippen LogP contribution >= 0.6 is 0 Å². The van der Waals surface area contributed by atoms with Crippen molar-refractivity contribution >= 4 is 11.8 Å². The third-order valence-electron chi connectivity index (χ3n) is 3.09. The van der Waals surface area contributed by atoms with Gasteiger partial charge in [0.2, 0.25) is 11.8 Å². The van der Waals surface area contributed by atoms with Crippen LogP contribution in [-0.2, 0) is 9.59 Å². The lowest BCUT2D eigenvalue weighted by molar-refractivity contribution is -0.134. The molecular formula is C9H14N2O2. The van der Waals surface area contributed by atoms with Gasteiger partial charge >= 0.3 is 0 Å². The van der Waals surface area contributed by atoms with Crippen molar-refractivity contribution in [2.75, 3.05) is 13.1 Å². The predicted octanol–water partition coefficient (Wildman–Crippen LogP) is -0.270. The zero-order valence-electron chi connectivity index (χ0n) is 7.53. The zero-order valence-corrected chi connectivity index (χ0v) is 7.53. The van der Waals surface area contributed by atoms with Gasteiger partial charge in [0, 0.05) is 12.5 Å². The van der Waals surface area contributed by atoms with Crippen molar-refractivity contribution in [1.82, 2.24) is 4.90 Å². The second-order valence-electron chi connectivity index (χ2n) is 3.98. The molecule has 1 saturated heterocycles. The van der Waals surface area contributed by atoms with Gasteiger partial charge in [0.25, 0.3) is 0 Å². The minimum Gasteiger partial charge on any atom is -0.368 e. The standard InChI is InChI=1S/C9H14N2O2/c10-8(12)5-11-4-6-2-1-3-7(6)9(11)13/h6-7H,1-5H2,(H2,10,12)/t6-,7-/m1/s1. The molecule has 4 nitrogen and oxygen atoms in total. The van der Waals surface area contributed by atoms with Gasteiger partial charge in [0.15, 0.2) is 0 Å². The van der Waals surface area contributed by atoms with E-state index < -0.39 is 5.91 Å². The normalized spacial score (nSPS) is 32.3. The molecule has 0 bridgehead atoms. The fraction of sp³-hybridized carbons (Fsp3) is 0.778. The smallest absolute Gasteiger partial charge is 0.237 e. The number of carbonyl (C=O) groups is 2. The summed E-state index contributed by atoms with van der Waals surface area (Å²) in [6, 6.07) is 0. The Hall–Kier alpha value is -1.06. The predicted molar refractivity (Wildman–Crippen MR) is 46.6 cm³/mol. The van der Waals surface area contributed by atoms with E-state index in [0.29, 0.717) is 5.92 Å². The van der Waals surface area contributed by atoms with E-state index in [0.717, 1.165) is 25.8 Å². The molecule has 2 rings (SSSR count). The number of hydrogen-bond donors (Lipinski definition) is 1. The number of carbonyl (C=O) groups excluding carboxylic acids is 2. The number of fused-ring (bicyclic) bond motifs is 1. The first-order chi connectivity index (χ1) is 6.18. The fourth-order valence-electron chi connectivity index (χ4n) is 2.52. The monoisotopic (exact) mass is 182 g/mol. The van der Waals surface area contributed by atoms with Crippen LogP contribution in [0.2, 0.25) is 0 Å². The van der Waals surface area contributed by atoms with Gasteiger partial charge in [-0.1, -0.05) is 6.42 Å². The van der Waals surface area contributed by atoms with Crippen LogP contribution in [0.15, 0.2) is 0 Å². The molecular weight excluding hydrogens is 168 g/mol. The summed E-state index contributed by atoms with van der Waals surface area (Å²) in [5, 5.41) is 0. The molecule has 1 saturated carbocycles. The van der Waals surface area contributed by atoms with Crippen LogP contribution in [0.1, 0.15) is 19.3 Å². The van der Waals surface area contributed by atoms with Crippen molar-refractivity contribution in [1.29, 1.82) is 0 Å². The molecule has 0 aromatic heterocycles. The first-order valence-electron chi connectivity index (χ1n) is 4.75. The molecule has 0 radical (unpaired) electrons. The van der Waals surface area contributed by atoms with Crippen molar-refractivity contribution in [2.45, 2.75) is 19.3 Å². The van der Waals surface area contributed by atoms with Crippen molar-refractivity contribution < 1.29 is 9.59 Å². The van der Waals surface area contributed by atoms with Crippen LogP contribution in [0.25, 0.3) is 0 Å². The zero-order chi connectivity index (χ0) is 9.42. The van der Waals surface area contributed by atoms with Crippen LogP contribution in [-0.4, -0.2) is 29.8 Å². The first kappa shape index (κ1) is 8.53. The van der Waals surface area contributed by atoms with E-state index in [1.165, 1.54) is 0 Å². The van der Waals surface area contributed by atoms with Crippen LogP contribution < -0.4 is 5.73 Å². The highest BCUT2D eigenvalue weighted by Crippen LogP contribution is 2.38. The molecule has 1 aliphatic carbocycles. The highest BCUT2D eigenvalue weighted by Gasteiger charge is 2.42. The Labute approximate surface area is 77.1 Å². The summed E-state index contributed by atoms with van der Waals surface area (Å²) in [5.74, 6) is 0.417. The summed E-state index contributed by atoms with van der Waals surface area (Å²) >= 11 is 0. The summed E-state index contributed by atoms with van der Waals surface area (Å²) in [6.45, 7) is 0.846. The molecule has 1 aliphatic heterocycles. The molecule has 2 atom stereocenters. The summed E-state index contributed by atoms with van der Waals surface area (Å²) < 4.78 is 0. The Balaban J connectivity index is 2.02. The van der Waals surface area contributed by atoms with Gasteiger partial charge in [0.1, 0.15) is 0 Å². The maximum atomic E-state index is 11.6. The van der Waals surface area contributed by atoms with Crippen molar-refractivity contribution in [2.24, 2.45) is 17.6 Å². The van der Waals surface area contributed by atoms with E-state index >= 15 is 0 Å². The molecule has 0 aromatic rings. The fourth-order valence-corrected chi connectivity index (χ4v) is 2.52. The van der Waals surface area contributed by atoms with Gasteiger partial charge in [-0.2, -0.15) is 0 Å². The van der Waals surface area contributed by atoms with Gasteiger partial charge in [-0.15, -0.1) is 0 Å². The molecule has 4 heteroatoms. The summed E-state index contributed by atoms with van der Waals surface area (Å²) in [7, 11) is 0. The van der Waals surface area contributed by atoms with E-state index in [1.54, 1.807) is 4.90 Å². The number of nitrogens with zero attached hydrogens (tertiary/aromatic N) is 1. The molecule has 0 unspecified atom stereocenters. The van der Waals surface area contributed by atoms with Gasteiger partial charge in [0.05, 0.1) is 6.54 Å². The molecule has 1 heterocycles. The second kappa shape index (κ2) is 3.01. The highest BCUT2D eigenvalue weighted by molar-refractivity contribution is 5.87. The Kier molecular flexibility index (Phi) is 1.98. The topological polar surface area (TPSA) is 63.4 Å². The largest absolute Gasteiger partial charge is 0.368 e. The van der Waals surface area contributed by atoms with E-state index in [2.05, 4.69) is 0 Å². The summed E-state index contributed by atoms with van der Waals surface area (Å²) in [4.78, 5) is 23.9. The third kappa shape index (κ3) is 1.41. The van der Waals surface area contributed by atoms with E-state index in [4.69, 9.17) is 5.73 Å². The average molecular weight is 182 g/mol. The number of rotatable bonds is 2. The van der Waals surface area contributed by atoms with Crippen LogP contribution in [0.5, 0.6) is 0 Å². The molecule has 2 aliphatic rings. The second-order valence-corrected chi connectivity index (χ2v) is 3.98. The molecule has 2 N–H and O–H groups in total. The van der Waals surface area contributed by atoms with Crippen LogP contribution in [0, 0.1) is 11.8 Å². The Bertz CT molecular complexity index is 252. The molecule has 72 valence electrons. The number of nitrogens with two attached hydrogens (primary N) is 1. The molecule has 2 fully saturated rings. The molecule has 2 amide bonds. The van der Waals surface area contributed by atoms with Crippen LogP contribution in [0.3, 0.4) is 0 Å². The van der Waals surface area contributed by atoms with E-state index in [9.17, 15) is 9.59 Å². The summed E-state index contributed by atoms with van der Waals surface area (Å²) in [6.07, 6.45) is 3.29.